The molecule has 0 unspecified atom stereocenters. The molecule has 1 heterocycles. The Bertz CT molecular complexity index is 1190. The standard InChI is InChI=1S/C25H21FN2O4/c1-31-19-13-7-16(8-14-19)15-28-24(29)22(20-5-3-4-6-21(20)32-2)23(25(28)30)27-18-11-9-17(26)10-12-18/h3-14,27H,15H2,1-2H3. The van der Waals surface area contributed by atoms with Crippen LogP contribution in [0.4, 0.5) is 10.1 Å². The first-order chi connectivity index (χ1) is 15.5. The number of hydrogen-bond donors (Lipinski definition) is 1. The number of nitrogens with zero attached hydrogens (tertiary/aromatic N) is 1. The number of amides is 2. The maximum Gasteiger partial charge on any atom is 0.278 e. The molecule has 7 heteroatoms. The maximum atomic E-state index is 13.4. The molecule has 3 aromatic carbocycles. The van der Waals surface area contributed by atoms with E-state index in [2.05, 4.69) is 5.32 Å². The van der Waals surface area contributed by atoms with Crippen molar-refractivity contribution in [1.29, 1.82) is 0 Å². The number of imide groups is 1. The Morgan fingerprint density at radius 2 is 1.53 bits per heavy atom. The van der Waals surface area contributed by atoms with Gasteiger partial charge in [0.1, 0.15) is 23.0 Å². The van der Waals surface area contributed by atoms with E-state index in [1.807, 2.05) is 0 Å². The summed E-state index contributed by atoms with van der Waals surface area (Å²) in [7, 11) is 3.07. The average molecular weight is 432 g/mol. The van der Waals surface area contributed by atoms with E-state index in [4.69, 9.17) is 9.47 Å². The molecule has 0 fully saturated rings. The zero-order valence-electron chi connectivity index (χ0n) is 17.6. The highest BCUT2D eigenvalue weighted by atomic mass is 19.1. The second kappa shape index (κ2) is 8.93. The first kappa shape index (κ1) is 21.1. The molecule has 0 aliphatic carbocycles. The van der Waals surface area contributed by atoms with E-state index >= 15 is 0 Å². The third-order valence-electron chi connectivity index (χ3n) is 5.16. The molecule has 0 spiro atoms. The minimum atomic E-state index is -0.476. The lowest BCUT2D eigenvalue weighted by atomic mass is 10.0. The monoisotopic (exact) mass is 432 g/mol. The maximum absolute atomic E-state index is 13.4. The highest BCUT2D eigenvalue weighted by Gasteiger charge is 2.40. The van der Waals surface area contributed by atoms with Gasteiger partial charge in [-0.2, -0.15) is 0 Å². The Morgan fingerprint density at radius 3 is 2.19 bits per heavy atom. The van der Waals surface area contributed by atoms with Crippen molar-refractivity contribution in [2.45, 2.75) is 6.54 Å². The van der Waals surface area contributed by atoms with E-state index in [-0.39, 0.29) is 17.8 Å². The Kier molecular flexibility index (Phi) is 5.89. The molecular formula is C25H21FN2O4. The van der Waals surface area contributed by atoms with Gasteiger partial charge in [0.2, 0.25) is 0 Å². The zero-order valence-corrected chi connectivity index (χ0v) is 17.6. The number of carbonyl (C=O) groups is 2. The summed E-state index contributed by atoms with van der Waals surface area (Å²) in [5.41, 5.74) is 2.07. The smallest absolute Gasteiger partial charge is 0.278 e. The molecular weight excluding hydrogens is 411 g/mol. The van der Waals surface area contributed by atoms with Crippen molar-refractivity contribution >= 4 is 23.1 Å². The van der Waals surface area contributed by atoms with Gasteiger partial charge in [-0.15, -0.1) is 0 Å². The van der Waals surface area contributed by atoms with E-state index < -0.39 is 17.6 Å². The van der Waals surface area contributed by atoms with Gasteiger partial charge in [0.15, 0.2) is 0 Å². The molecule has 0 atom stereocenters. The molecule has 0 bridgehead atoms. The first-order valence-corrected chi connectivity index (χ1v) is 9.91. The van der Waals surface area contributed by atoms with Crippen LogP contribution in [-0.4, -0.2) is 30.9 Å². The third-order valence-corrected chi connectivity index (χ3v) is 5.16. The van der Waals surface area contributed by atoms with Crippen LogP contribution in [0.5, 0.6) is 11.5 Å². The van der Waals surface area contributed by atoms with E-state index in [0.29, 0.717) is 22.7 Å². The molecule has 6 nitrogen and oxygen atoms in total. The van der Waals surface area contributed by atoms with Crippen LogP contribution in [0.3, 0.4) is 0 Å². The number of carbonyl (C=O) groups excluding carboxylic acids is 2. The Hall–Kier alpha value is -4.13. The number of ether oxygens (including phenoxy) is 2. The zero-order chi connectivity index (χ0) is 22.7. The molecule has 162 valence electrons. The molecule has 1 aliphatic heterocycles. The largest absolute Gasteiger partial charge is 0.497 e. The number of methoxy groups -OCH3 is 2. The topological polar surface area (TPSA) is 67.9 Å². The molecule has 3 aromatic rings. The summed E-state index contributed by atoms with van der Waals surface area (Å²) in [6.45, 7) is 0.0922. The van der Waals surface area contributed by atoms with Crippen LogP contribution in [0.25, 0.3) is 5.57 Å². The van der Waals surface area contributed by atoms with Crippen molar-refractivity contribution < 1.29 is 23.5 Å². The number of halogens is 1. The van der Waals surface area contributed by atoms with Gasteiger partial charge in [-0.25, -0.2) is 4.39 Å². The molecule has 0 aromatic heterocycles. The molecule has 0 saturated heterocycles. The quantitative estimate of drug-likeness (QED) is 0.566. The summed E-state index contributed by atoms with van der Waals surface area (Å²) in [6.07, 6.45) is 0. The summed E-state index contributed by atoms with van der Waals surface area (Å²) in [5.74, 6) is -0.173. The fraction of sp³-hybridized carbons (Fsp3) is 0.120. The van der Waals surface area contributed by atoms with Gasteiger partial charge in [0.05, 0.1) is 26.3 Å². The number of anilines is 1. The minimum absolute atomic E-state index is 0.0922. The van der Waals surface area contributed by atoms with Crippen molar-refractivity contribution in [3.05, 3.63) is 95.4 Å². The summed E-state index contributed by atoms with van der Waals surface area (Å²) < 4.78 is 23.9. The van der Waals surface area contributed by atoms with Crippen molar-refractivity contribution in [2.75, 3.05) is 19.5 Å². The Balaban J connectivity index is 1.74. The van der Waals surface area contributed by atoms with E-state index in [0.717, 1.165) is 5.56 Å². The normalized spacial score (nSPS) is 13.5. The highest BCUT2D eigenvalue weighted by Crippen LogP contribution is 2.36. The highest BCUT2D eigenvalue weighted by molar-refractivity contribution is 6.36. The van der Waals surface area contributed by atoms with Crippen LogP contribution in [0.1, 0.15) is 11.1 Å². The van der Waals surface area contributed by atoms with Crippen LogP contribution in [0, 0.1) is 5.82 Å². The van der Waals surface area contributed by atoms with Crippen LogP contribution < -0.4 is 14.8 Å². The van der Waals surface area contributed by atoms with Crippen molar-refractivity contribution in [3.8, 4) is 11.5 Å². The lowest BCUT2D eigenvalue weighted by Crippen LogP contribution is -2.32. The predicted octanol–water partition coefficient (Wildman–Crippen LogP) is 4.24. The number of benzene rings is 3. The number of nitrogens with one attached hydrogen (secondary N) is 1. The lowest BCUT2D eigenvalue weighted by molar-refractivity contribution is -0.137. The van der Waals surface area contributed by atoms with E-state index in [1.54, 1.807) is 55.6 Å². The fourth-order valence-corrected chi connectivity index (χ4v) is 3.53. The molecule has 2 amide bonds. The van der Waals surface area contributed by atoms with Gasteiger partial charge >= 0.3 is 0 Å². The number of para-hydroxylation sites is 1. The minimum Gasteiger partial charge on any atom is -0.497 e. The van der Waals surface area contributed by atoms with Crippen LogP contribution in [-0.2, 0) is 16.1 Å². The number of rotatable bonds is 7. The predicted molar refractivity (Wildman–Crippen MR) is 118 cm³/mol. The Morgan fingerprint density at radius 1 is 0.844 bits per heavy atom. The SMILES string of the molecule is COc1ccc(CN2C(=O)C(Nc3ccc(F)cc3)=C(c3ccccc3OC)C2=O)cc1. The summed E-state index contributed by atoms with van der Waals surface area (Å²) in [5, 5.41) is 3.01. The second-order valence-corrected chi connectivity index (χ2v) is 7.13. The third kappa shape index (κ3) is 4.05. The van der Waals surface area contributed by atoms with Crippen LogP contribution >= 0.6 is 0 Å². The van der Waals surface area contributed by atoms with Crippen LogP contribution in [0.2, 0.25) is 0 Å². The summed E-state index contributed by atoms with van der Waals surface area (Å²) in [4.78, 5) is 28.0. The second-order valence-electron chi connectivity index (χ2n) is 7.13. The van der Waals surface area contributed by atoms with Gasteiger partial charge in [-0.05, 0) is 48.0 Å². The molecule has 1 N–H and O–H groups in total. The van der Waals surface area contributed by atoms with E-state index in [9.17, 15) is 14.0 Å². The molecule has 0 saturated carbocycles. The molecule has 1 aliphatic rings. The van der Waals surface area contributed by atoms with E-state index in [1.165, 1.54) is 36.3 Å². The van der Waals surface area contributed by atoms with Gasteiger partial charge in [0.25, 0.3) is 11.8 Å². The van der Waals surface area contributed by atoms with Gasteiger partial charge in [-0.1, -0.05) is 30.3 Å². The molecule has 32 heavy (non-hydrogen) atoms. The van der Waals surface area contributed by atoms with Crippen LogP contribution in [0.15, 0.2) is 78.5 Å². The first-order valence-electron chi connectivity index (χ1n) is 9.91. The van der Waals surface area contributed by atoms with Crippen molar-refractivity contribution in [2.24, 2.45) is 0 Å². The fourth-order valence-electron chi connectivity index (χ4n) is 3.53. The van der Waals surface area contributed by atoms with Crippen molar-refractivity contribution in [3.63, 3.8) is 0 Å². The molecule has 4 rings (SSSR count). The average Bonchev–Trinajstić information content (AvgIpc) is 3.05. The number of hydrogen-bond acceptors (Lipinski definition) is 5. The Labute approximate surface area is 184 Å². The van der Waals surface area contributed by atoms with Crippen molar-refractivity contribution in [1.82, 2.24) is 4.90 Å². The summed E-state index contributed by atoms with van der Waals surface area (Å²) >= 11 is 0. The van der Waals surface area contributed by atoms with Gasteiger partial charge < -0.3 is 14.8 Å². The summed E-state index contributed by atoms with van der Waals surface area (Å²) in [6, 6.07) is 19.7. The molecule has 0 radical (unpaired) electrons. The van der Waals surface area contributed by atoms with Gasteiger partial charge in [-0.3, -0.25) is 14.5 Å². The lowest BCUT2D eigenvalue weighted by Gasteiger charge is -2.16. The van der Waals surface area contributed by atoms with Gasteiger partial charge in [0, 0.05) is 11.3 Å².